The zero-order valence-electron chi connectivity index (χ0n) is 16.6. The Morgan fingerprint density at radius 1 is 1.04 bits per heavy atom. The van der Waals surface area contributed by atoms with Gasteiger partial charge in [-0.1, -0.05) is 6.07 Å². The molecular weight excluding hydrogens is 354 g/mol. The second kappa shape index (κ2) is 8.84. The predicted octanol–water partition coefficient (Wildman–Crippen LogP) is 3.20. The van der Waals surface area contributed by atoms with Crippen molar-refractivity contribution in [2.75, 3.05) is 37.8 Å². The molecule has 2 N–H and O–H groups in total. The van der Waals surface area contributed by atoms with E-state index in [0.717, 1.165) is 31.5 Å². The molecular formula is C21H27N5O2. The number of urea groups is 1. The fourth-order valence-electron chi connectivity index (χ4n) is 3.28. The predicted molar refractivity (Wildman–Crippen MR) is 111 cm³/mol. The molecule has 0 spiro atoms. The number of carbonyl (C=O) groups is 2. The Bertz CT molecular complexity index is 810. The molecule has 148 valence electrons. The lowest BCUT2D eigenvalue weighted by molar-refractivity contribution is 0.0663. The summed E-state index contributed by atoms with van der Waals surface area (Å²) in [7, 11) is 4.16. The summed E-state index contributed by atoms with van der Waals surface area (Å²) in [6.07, 6.45) is 3.68. The second-order valence-corrected chi connectivity index (χ2v) is 7.36. The van der Waals surface area contributed by atoms with E-state index < -0.39 is 0 Å². The van der Waals surface area contributed by atoms with Gasteiger partial charge in [0.05, 0.1) is 0 Å². The molecule has 1 fully saturated rings. The number of amides is 3. The lowest BCUT2D eigenvalue weighted by atomic mass is 10.0. The van der Waals surface area contributed by atoms with Crippen LogP contribution in [-0.2, 0) is 0 Å². The van der Waals surface area contributed by atoms with Gasteiger partial charge in [0.25, 0.3) is 5.91 Å². The maximum Gasteiger partial charge on any atom is 0.324 e. The average Bonchev–Trinajstić information content (AvgIpc) is 2.70. The maximum absolute atomic E-state index is 12.7. The van der Waals surface area contributed by atoms with Crippen molar-refractivity contribution in [2.24, 2.45) is 0 Å². The van der Waals surface area contributed by atoms with Crippen LogP contribution in [0.4, 0.5) is 16.3 Å². The van der Waals surface area contributed by atoms with E-state index in [1.165, 1.54) is 0 Å². The molecule has 28 heavy (non-hydrogen) atoms. The number of piperidine rings is 1. The first-order valence-electron chi connectivity index (χ1n) is 9.49. The van der Waals surface area contributed by atoms with Crippen molar-refractivity contribution >= 4 is 23.4 Å². The number of aryl methyl sites for hydroxylation is 1. The van der Waals surface area contributed by atoms with Gasteiger partial charge < -0.3 is 15.1 Å². The third kappa shape index (κ3) is 5.07. The normalized spacial score (nSPS) is 14.8. The first kappa shape index (κ1) is 19.8. The monoisotopic (exact) mass is 381 g/mol. The summed E-state index contributed by atoms with van der Waals surface area (Å²) in [6, 6.07) is 10.8. The summed E-state index contributed by atoms with van der Waals surface area (Å²) in [5.41, 5.74) is 2.28. The topological polar surface area (TPSA) is 77.6 Å². The molecule has 2 heterocycles. The van der Waals surface area contributed by atoms with Gasteiger partial charge in [-0.2, -0.15) is 0 Å². The number of pyridine rings is 1. The van der Waals surface area contributed by atoms with Gasteiger partial charge in [-0.05, 0) is 69.8 Å². The van der Waals surface area contributed by atoms with Crippen LogP contribution < -0.4 is 10.6 Å². The number of aromatic nitrogens is 1. The van der Waals surface area contributed by atoms with Crippen LogP contribution in [0.25, 0.3) is 0 Å². The number of likely N-dealkylation sites (tertiary alicyclic amines) is 1. The molecule has 1 aromatic heterocycles. The number of nitrogens with zero attached hydrogens (tertiary/aromatic N) is 3. The molecule has 1 aliphatic rings. The summed E-state index contributed by atoms with van der Waals surface area (Å²) in [6.45, 7) is 3.48. The zero-order chi connectivity index (χ0) is 20.1. The average molecular weight is 381 g/mol. The van der Waals surface area contributed by atoms with Crippen LogP contribution in [0.5, 0.6) is 0 Å². The van der Waals surface area contributed by atoms with Crippen LogP contribution in [0.3, 0.4) is 0 Å². The van der Waals surface area contributed by atoms with Crippen LogP contribution >= 0.6 is 0 Å². The van der Waals surface area contributed by atoms with Crippen molar-refractivity contribution < 1.29 is 9.59 Å². The quantitative estimate of drug-likeness (QED) is 0.853. The summed E-state index contributed by atoms with van der Waals surface area (Å²) < 4.78 is 0. The molecule has 0 aliphatic carbocycles. The van der Waals surface area contributed by atoms with E-state index >= 15 is 0 Å². The Hall–Kier alpha value is -2.93. The van der Waals surface area contributed by atoms with Crippen molar-refractivity contribution in [3.63, 3.8) is 0 Å². The smallest absolute Gasteiger partial charge is 0.324 e. The first-order valence-corrected chi connectivity index (χ1v) is 9.49. The van der Waals surface area contributed by atoms with Gasteiger partial charge in [-0.15, -0.1) is 0 Å². The molecule has 0 bridgehead atoms. The number of hydrogen-bond acceptors (Lipinski definition) is 4. The van der Waals surface area contributed by atoms with Crippen LogP contribution in [0.2, 0.25) is 0 Å². The fourth-order valence-corrected chi connectivity index (χ4v) is 3.28. The van der Waals surface area contributed by atoms with Gasteiger partial charge in [0.15, 0.2) is 0 Å². The van der Waals surface area contributed by atoms with Gasteiger partial charge in [0.2, 0.25) is 0 Å². The van der Waals surface area contributed by atoms with E-state index in [-0.39, 0.29) is 11.9 Å². The SMILES string of the molecule is Cc1ccc(NC(=O)Nc2ccc(C(=O)N3CCC(N(C)C)CC3)cc2)nc1. The van der Waals surface area contributed by atoms with Crippen molar-refractivity contribution in [1.82, 2.24) is 14.8 Å². The Morgan fingerprint density at radius 3 is 2.29 bits per heavy atom. The van der Waals surface area contributed by atoms with Crippen molar-refractivity contribution in [1.29, 1.82) is 0 Å². The molecule has 2 aromatic rings. The molecule has 0 atom stereocenters. The lowest BCUT2D eigenvalue weighted by Gasteiger charge is -2.35. The fraction of sp³-hybridized carbons (Fsp3) is 0.381. The summed E-state index contributed by atoms with van der Waals surface area (Å²) in [4.78, 5) is 33.0. The minimum Gasteiger partial charge on any atom is -0.339 e. The number of hydrogen-bond donors (Lipinski definition) is 2. The van der Waals surface area contributed by atoms with E-state index in [9.17, 15) is 9.59 Å². The van der Waals surface area contributed by atoms with Gasteiger partial charge in [-0.25, -0.2) is 9.78 Å². The third-order valence-electron chi connectivity index (χ3n) is 5.02. The van der Waals surface area contributed by atoms with E-state index in [1.54, 1.807) is 36.5 Å². The first-order chi connectivity index (χ1) is 13.4. The highest BCUT2D eigenvalue weighted by Gasteiger charge is 2.24. The van der Waals surface area contributed by atoms with Crippen molar-refractivity contribution in [2.45, 2.75) is 25.8 Å². The highest BCUT2D eigenvalue weighted by molar-refractivity contribution is 6.00. The van der Waals surface area contributed by atoms with E-state index in [4.69, 9.17) is 0 Å². The Labute approximate surface area is 165 Å². The van der Waals surface area contributed by atoms with Crippen LogP contribution in [0, 0.1) is 6.92 Å². The number of rotatable bonds is 4. The highest BCUT2D eigenvalue weighted by atomic mass is 16.2. The molecule has 0 saturated carbocycles. The Kier molecular flexibility index (Phi) is 6.26. The Morgan fingerprint density at radius 2 is 1.71 bits per heavy atom. The molecule has 1 aliphatic heterocycles. The standard InChI is InChI=1S/C21H27N5O2/c1-15-4-9-19(22-14-15)24-21(28)23-17-7-5-16(6-8-17)20(27)26-12-10-18(11-13-26)25(2)3/h4-9,14,18H,10-13H2,1-3H3,(H2,22,23,24,28). The van der Waals surface area contributed by atoms with Gasteiger partial charge in [-0.3, -0.25) is 10.1 Å². The van der Waals surface area contributed by atoms with Gasteiger partial charge in [0, 0.05) is 36.6 Å². The molecule has 7 nitrogen and oxygen atoms in total. The molecule has 1 saturated heterocycles. The number of nitrogens with one attached hydrogen (secondary N) is 2. The molecule has 0 unspecified atom stereocenters. The molecule has 7 heteroatoms. The number of benzene rings is 1. The van der Waals surface area contributed by atoms with Gasteiger partial charge >= 0.3 is 6.03 Å². The van der Waals surface area contributed by atoms with Gasteiger partial charge in [0.1, 0.15) is 5.82 Å². The van der Waals surface area contributed by atoms with Crippen LogP contribution in [0.1, 0.15) is 28.8 Å². The molecule has 1 aromatic carbocycles. The molecule has 0 radical (unpaired) electrons. The summed E-state index contributed by atoms with van der Waals surface area (Å²) >= 11 is 0. The van der Waals surface area contributed by atoms with E-state index in [2.05, 4.69) is 34.6 Å². The molecule has 3 rings (SSSR count). The summed E-state index contributed by atoms with van der Waals surface area (Å²) in [5.74, 6) is 0.521. The van der Waals surface area contributed by atoms with Crippen molar-refractivity contribution in [3.8, 4) is 0 Å². The zero-order valence-corrected chi connectivity index (χ0v) is 16.6. The minimum absolute atomic E-state index is 0.0389. The third-order valence-corrected chi connectivity index (χ3v) is 5.02. The summed E-state index contributed by atoms with van der Waals surface area (Å²) in [5, 5.41) is 5.43. The van der Waals surface area contributed by atoms with E-state index in [1.807, 2.05) is 17.9 Å². The van der Waals surface area contributed by atoms with Crippen LogP contribution in [-0.4, -0.2) is 59.9 Å². The van der Waals surface area contributed by atoms with Crippen LogP contribution in [0.15, 0.2) is 42.6 Å². The van der Waals surface area contributed by atoms with Crippen molar-refractivity contribution in [3.05, 3.63) is 53.7 Å². The highest BCUT2D eigenvalue weighted by Crippen LogP contribution is 2.18. The Balaban J connectivity index is 1.53. The number of anilines is 2. The van der Waals surface area contributed by atoms with E-state index in [0.29, 0.717) is 23.1 Å². The maximum atomic E-state index is 12.7. The minimum atomic E-state index is -0.374. The number of carbonyl (C=O) groups excluding carboxylic acids is 2. The second-order valence-electron chi connectivity index (χ2n) is 7.36. The lowest BCUT2D eigenvalue weighted by Crippen LogP contribution is -2.44. The molecule has 3 amide bonds. The largest absolute Gasteiger partial charge is 0.339 e.